The molecule has 0 amide bonds. The second kappa shape index (κ2) is 10.3. The van der Waals surface area contributed by atoms with E-state index in [-0.39, 0.29) is 6.10 Å². The van der Waals surface area contributed by atoms with E-state index < -0.39 is 17.9 Å². The largest absolute Gasteiger partial charge is 0.494 e. The van der Waals surface area contributed by atoms with E-state index in [2.05, 4.69) is 0 Å². The van der Waals surface area contributed by atoms with Crippen molar-refractivity contribution in [1.82, 2.24) is 4.90 Å². The molecule has 0 aromatic heterocycles. The molecule has 0 spiro atoms. The van der Waals surface area contributed by atoms with Gasteiger partial charge in [-0.15, -0.1) is 0 Å². The summed E-state index contributed by atoms with van der Waals surface area (Å²) in [5.74, 6) is -0.828. The van der Waals surface area contributed by atoms with E-state index in [0.717, 1.165) is 37.2 Å². The molecule has 7 heteroatoms. The number of rotatable bonds is 8. The summed E-state index contributed by atoms with van der Waals surface area (Å²) in [5, 5.41) is 0. The number of carbonyl (C=O) groups is 2. The Kier molecular flexibility index (Phi) is 7.52. The summed E-state index contributed by atoms with van der Waals surface area (Å²) in [6.45, 7) is 3.95. The Morgan fingerprint density at radius 3 is 2.20 bits per heavy atom. The van der Waals surface area contributed by atoms with Crippen LogP contribution in [0.5, 0.6) is 5.75 Å². The van der Waals surface area contributed by atoms with Gasteiger partial charge in [-0.25, -0.2) is 9.59 Å². The summed E-state index contributed by atoms with van der Waals surface area (Å²) in [6, 6.07) is 7.40. The zero-order valence-electron chi connectivity index (χ0n) is 17.8. The number of hydrogen-bond acceptors (Lipinski definition) is 7. The van der Waals surface area contributed by atoms with Crippen LogP contribution in [0, 0.1) is 0 Å². The summed E-state index contributed by atoms with van der Waals surface area (Å²) in [7, 11) is 2.67. The van der Waals surface area contributed by atoms with Crippen LogP contribution in [0.1, 0.15) is 37.7 Å². The summed E-state index contributed by atoms with van der Waals surface area (Å²) in [5.41, 5.74) is 1.53. The molecule has 1 aromatic rings. The molecule has 1 atom stereocenters. The fourth-order valence-corrected chi connectivity index (χ4v) is 3.75. The minimum Gasteiger partial charge on any atom is -0.494 e. The zero-order valence-corrected chi connectivity index (χ0v) is 17.8. The lowest BCUT2D eigenvalue weighted by molar-refractivity contribution is -0.137. The van der Waals surface area contributed by atoms with Crippen LogP contribution in [0.4, 0.5) is 0 Å². The maximum absolute atomic E-state index is 12.6. The molecule has 0 saturated carbocycles. The van der Waals surface area contributed by atoms with Gasteiger partial charge < -0.3 is 23.8 Å². The molecule has 162 valence electrons. The Bertz CT molecular complexity index is 773. The van der Waals surface area contributed by atoms with Crippen LogP contribution in [0.2, 0.25) is 0 Å². The van der Waals surface area contributed by atoms with Crippen molar-refractivity contribution < 1.29 is 28.5 Å². The first-order valence-electron chi connectivity index (χ1n) is 10.3. The summed E-state index contributed by atoms with van der Waals surface area (Å²) in [6.07, 6.45) is 6.41. The second-order valence-corrected chi connectivity index (χ2v) is 7.33. The number of esters is 2. The molecular weight excluding hydrogens is 386 g/mol. The van der Waals surface area contributed by atoms with Crippen LogP contribution in [-0.4, -0.2) is 56.9 Å². The van der Waals surface area contributed by atoms with E-state index in [4.69, 9.17) is 18.9 Å². The average Bonchev–Trinajstić information content (AvgIpc) is 3.29. The van der Waals surface area contributed by atoms with Gasteiger partial charge in [0.05, 0.1) is 44.0 Å². The molecule has 0 N–H and O–H groups in total. The molecule has 0 aliphatic carbocycles. The Hall–Kier alpha value is -2.80. The van der Waals surface area contributed by atoms with Crippen molar-refractivity contribution in [3.8, 4) is 5.75 Å². The molecule has 3 rings (SSSR count). The maximum Gasteiger partial charge on any atom is 0.336 e. The van der Waals surface area contributed by atoms with Gasteiger partial charge >= 0.3 is 11.9 Å². The highest BCUT2D eigenvalue weighted by atomic mass is 16.5. The number of nitrogens with zero attached hydrogens (tertiary/aromatic N) is 1. The molecule has 0 unspecified atom stereocenters. The van der Waals surface area contributed by atoms with Crippen LogP contribution in [-0.2, 0) is 23.8 Å². The van der Waals surface area contributed by atoms with Gasteiger partial charge in [0.2, 0.25) is 0 Å². The number of methoxy groups -OCH3 is 2. The highest BCUT2D eigenvalue weighted by Crippen LogP contribution is 2.38. The van der Waals surface area contributed by atoms with Gasteiger partial charge in [0.1, 0.15) is 5.75 Å². The van der Waals surface area contributed by atoms with Gasteiger partial charge in [0, 0.05) is 25.6 Å². The third-order valence-corrected chi connectivity index (χ3v) is 5.20. The molecule has 0 radical (unpaired) electrons. The molecule has 2 heterocycles. The predicted molar refractivity (Wildman–Crippen MR) is 111 cm³/mol. The highest BCUT2D eigenvalue weighted by Gasteiger charge is 2.35. The SMILES string of the molecule is CCCOc1ccc(C2C(C(=O)OC)=CN(C[C@H]3CCCO3)C=C2C(=O)OC)cc1. The number of ether oxygens (including phenoxy) is 4. The maximum atomic E-state index is 12.6. The normalized spacial score (nSPS) is 19.2. The Labute approximate surface area is 177 Å². The molecule has 1 fully saturated rings. The Balaban J connectivity index is 1.95. The molecule has 7 nitrogen and oxygen atoms in total. The molecular formula is C23H29NO6. The lowest BCUT2D eigenvalue weighted by atomic mass is 9.83. The first-order valence-corrected chi connectivity index (χ1v) is 10.3. The van der Waals surface area contributed by atoms with Crippen LogP contribution < -0.4 is 4.74 Å². The molecule has 1 aromatic carbocycles. The van der Waals surface area contributed by atoms with E-state index in [1.807, 2.05) is 36.1 Å². The first kappa shape index (κ1) is 21.9. The van der Waals surface area contributed by atoms with E-state index in [1.165, 1.54) is 14.2 Å². The predicted octanol–water partition coefficient (Wildman–Crippen LogP) is 3.17. The van der Waals surface area contributed by atoms with Crippen LogP contribution in [0.15, 0.2) is 47.8 Å². The third-order valence-electron chi connectivity index (χ3n) is 5.20. The van der Waals surface area contributed by atoms with Crippen LogP contribution in [0.3, 0.4) is 0 Å². The fourth-order valence-electron chi connectivity index (χ4n) is 3.75. The van der Waals surface area contributed by atoms with E-state index >= 15 is 0 Å². The van der Waals surface area contributed by atoms with Gasteiger partial charge in [-0.1, -0.05) is 19.1 Å². The lowest BCUT2D eigenvalue weighted by Crippen LogP contribution is -2.32. The van der Waals surface area contributed by atoms with Crippen molar-refractivity contribution in [2.45, 2.75) is 38.2 Å². The zero-order chi connectivity index (χ0) is 21.5. The van der Waals surface area contributed by atoms with Gasteiger partial charge in [-0.3, -0.25) is 0 Å². The van der Waals surface area contributed by atoms with Gasteiger partial charge in [-0.05, 0) is 37.0 Å². The topological polar surface area (TPSA) is 74.3 Å². The number of hydrogen-bond donors (Lipinski definition) is 0. The monoisotopic (exact) mass is 415 g/mol. The summed E-state index contributed by atoms with van der Waals surface area (Å²) < 4.78 is 21.4. The quantitative estimate of drug-likeness (QED) is 0.604. The van der Waals surface area contributed by atoms with Crippen molar-refractivity contribution >= 4 is 11.9 Å². The van der Waals surface area contributed by atoms with Crippen molar-refractivity contribution in [3.63, 3.8) is 0 Å². The Morgan fingerprint density at radius 2 is 1.70 bits per heavy atom. The smallest absolute Gasteiger partial charge is 0.336 e. The van der Waals surface area contributed by atoms with E-state index in [0.29, 0.717) is 24.3 Å². The van der Waals surface area contributed by atoms with Crippen LogP contribution in [0.25, 0.3) is 0 Å². The average molecular weight is 415 g/mol. The fraction of sp³-hybridized carbons (Fsp3) is 0.478. The van der Waals surface area contributed by atoms with Crippen molar-refractivity contribution in [2.24, 2.45) is 0 Å². The minimum absolute atomic E-state index is 0.0573. The summed E-state index contributed by atoms with van der Waals surface area (Å²) >= 11 is 0. The van der Waals surface area contributed by atoms with Crippen molar-refractivity contribution in [3.05, 3.63) is 53.4 Å². The number of benzene rings is 1. The molecule has 30 heavy (non-hydrogen) atoms. The molecule has 2 aliphatic heterocycles. The molecule has 2 aliphatic rings. The Morgan fingerprint density at radius 1 is 1.07 bits per heavy atom. The van der Waals surface area contributed by atoms with Crippen LogP contribution >= 0.6 is 0 Å². The molecule has 0 bridgehead atoms. The van der Waals surface area contributed by atoms with Gasteiger partial charge in [0.25, 0.3) is 0 Å². The van der Waals surface area contributed by atoms with Gasteiger partial charge in [0.15, 0.2) is 0 Å². The summed E-state index contributed by atoms with van der Waals surface area (Å²) in [4.78, 5) is 27.1. The second-order valence-electron chi connectivity index (χ2n) is 7.33. The first-order chi connectivity index (χ1) is 14.6. The lowest BCUT2D eigenvalue weighted by Gasteiger charge is -2.31. The molecule has 1 saturated heterocycles. The van der Waals surface area contributed by atoms with Crippen molar-refractivity contribution in [2.75, 3.05) is 34.0 Å². The van der Waals surface area contributed by atoms with Gasteiger partial charge in [-0.2, -0.15) is 0 Å². The standard InChI is InChI=1S/C23H29NO6/c1-4-11-29-17-9-7-16(8-10-17)21-19(22(25)27-2)14-24(13-18-6-5-12-30-18)15-20(21)23(26)28-3/h7-10,14-15,18,21H,4-6,11-13H2,1-3H3/t18-/m1/s1. The van der Waals surface area contributed by atoms with E-state index in [1.54, 1.807) is 12.4 Å². The van der Waals surface area contributed by atoms with E-state index in [9.17, 15) is 9.59 Å². The van der Waals surface area contributed by atoms with Crippen molar-refractivity contribution in [1.29, 1.82) is 0 Å². The third kappa shape index (κ3) is 5.02. The number of carbonyl (C=O) groups excluding carboxylic acids is 2. The highest BCUT2D eigenvalue weighted by molar-refractivity contribution is 5.98. The minimum atomic E-state index is -0.592.